The molecule has 3 aromatic rings. The average Bonchev–Trinajstić information content (AvgIpc) is 2.95. The summed E-state index contributed by atoms with van der Waals surface area (Å²) in [6.07, 6.45) is 4.95. The van der Waals surface area contributed by atoms with Crippen LogP contribution in [-0.4, -0.2) is 15.9 Å². The highest BCUT2D eigenvalue weighted by molar-refractivity contribution is 6.05. The number of aryl methyl sites for hydroxylation is 1. The standard InChI is InChI=1S/C22H20N2O4/c25-22(28-14-15-10-12-16(13-11-15)24(26)27)21-17-6-2-1-3-8-19(17)23-20-9-5-4-7-18(20)21/h4-5,7,9-13H,1-3,6,8,14H2. The molecule has 4 rings (SSSR count). The number of carbonyl (C=O) groups excluding carboxylic acids is 1. The maximum absolute atomic E-state index is 13.0. The Morgan fingerprint density at radius 1 is 1.04 bits per heavy atom. The number of nitrogens with zero attached hydrogens (tertiary/aromatic N) is 2. The molecule has 0 fully saturated rings. The quantitative estimate of drug-likeness (QED) is 0.283. The molecule has 0 N–H and O–H groups in total. The molecule has 0 spiro atoms. The predicted molar refractivity (Wildman–Crippen MR) is 105 cm³/mol. The summed E-state index contributed by atoms with van der Waals surface area (Å²) in [5.74, 6) is -0.366. The Balaban J connectivity index is 1.64. The van der Waals surface area contributed by atoms with Crippen LogP contribution in [0.3, 0.4) is 0 Å². The summed E-state index contributed by atoms with van der Waals surface area (Å²) in [4.78, 5) is 28.1. The number of nitro benzene ring substituents is 1. The number of benzene rings is 2. The van der Waals surface area contributed by atoms with Crippen LogP contribution in [0.4, 0.5) is 5.69 Å². The van der Waals surface area contributed by atoms with Crippen molar-refractivity contribution in [3.05, 3.63) is 81.0 Å². The molecule has 2 aromatic carbocycles. The molecule has 142 valence electrons. The maximum atomic E-state index is 13.0. The number of esters is 1. The van der Waals surface area contributed by atoms with Gasteiger partial charge in [0.15, 0.2) is 0 Å². The SMILES string of the molecule is O=C(OCc1ccc([N+](=O)[O-])cc1)c1c2c(nc3ccccc13)CCCCC2. The number of para-hydroxylation sites is 1. The van der Waals surface area contributed by atoms with Crippen LogP contribution in [0.5, 0.6) is 0 Å². The van der Waals surface area contributed by atoms with Gasteiger partial charge >= 0.3 is 5.97 Å². The first-order valence-electron chi connectivity index (χ1n) is 9.44. The van der Waals surface area contributed by atoms with E-state index in [1.807, 2.05) is 24.3 Å². The summed E-state index contributed by atoms with van der Waals surface area (Å²) in [7, 11) is 0. The summed E-state index contributed by atoms with van der Waals surface area (Å²) in [5, 5.41) is 11.6. The van der Waals surface area contributed by atoms with Gasteiger partial charge in [0.05, 0.1) is 16.0 Å². The topological polar surface area (TPSA) is 82.3 Å². The molecule has 0 saturated carbocycles. The normalized spacial score (nSPS) is 13.6. The van der Waals surface area contributed by atoms with Gasteiger partial charge in [-0.1, -0.05) is 24.6 Å². The molecule has 0 radical (unpaired) electrons. The molecule has 0 aliphatic heterocycles. The fourth-order valence-corrected chi connectivity index (χ4v) is 3.72. The van der Waals surface area contributed by atoms with Crippen molar-refractivity contribution in [1.82, 2.24) is 4.98 Å². The highest BCUT2D eigenvalue weighted by atomic mass is 16.6. The molecule has 6 heteroatoms. The second-order valence-electron chi connectivity index (χ2n) is 6.99. The fourth-order valence-electron chi connectivity index (χ4n) is 3.72. The Morgan fingerprint density at radius 3 is 2.57 bits per heavy atom. The highest BCUT2D eigenvalue weighted by Crippen LogP contribution is 2.29. The van der Waals surface area contributed by atoms with Gasteiger partial charge in [-0.15, -0.1) is 0 Å². The lowest BCUT2D eigenvalue weighted by atomic mass is 9.97. The van der Waals surface area contributed by atoms with Gasteiger partial charge in [-0.05, 0) is 55.0 Å². The van der Waals surface area contributed by atoms with E-state index < -0.39 is 4.92 Å². The van der Waals surface area contributed by atoms with Crippen molar-refractivity contribution in [2.24, 2.45) is 0 Å². The van der Waals surface area contributed by atoms with E-state index in [0.29, 0.717) is 11.1 Å². The van der Waals surface area contributed by atoms with Crippen molar-refractivity contribution < 1.29 is 14.5 Å². The minimum Gasteiger partial charge on any atom is -0.457 e. The zero-order valence-corrected chi connectivity index (χ0v) is 15.4. The first kappa shape index (κ1) is 18.1. The molecule has 0 bridgehead atoms. The van der Waals surface area contributed by atoms with Crippen molar-refractivity contribution in [3.8, 4) is 0 Å². The monoisotopic (exact) mass is 376 g/mol. The van der Waals surface area contributed by atoms with E-state index in [9.17, 15) is 14.9 Å². The summed E-state index contributed by atoms with van der Waals surface area (Å²) < 4.78 is 5.59. The van der Waals surface area contributed by atoms with E-state index in [2.05, 4.69) is 0 Å². The van der Waals surface area contributed by atoms with Gasteiger partial charge in [0.2, 0.25) is 0 Å². The lowest BCUT2D eigenvalue weighted by Crippen LogP contribution is -2.12. The van der Waals surface area contributed by atoms with E-state index in [-0.39, 0.29) is 18.3 Å². The number of nitro groups is 1. The van der Waals surface area contributed by atoms with Crippen molar-refractivity contribution in [3.63, 3.8) is 0 Å². The number of ether oxygens (including phenoxy) is 1. The molecular formula is C22H20N2O4. The Kier molecular flexibility index (Phi) is 5.02. The third kappa shape index (κ3) is 3.58. The van der Waals surface area contributed by atoms with Gasteiger partial charge in [0, 0.05) is 23.2 Å². The molecular weight excluding hydrogens is 356 g/mol. The average molecular weight is 376 g/mol. The van der Waals surface area contributed by atoms with E-state index in [1.54, 1.807) is 12.1 Å². The number of pyridine rings is 1. The number of hydrogen-bond donors (Lipinski definition) is 0. The first-order chi connectivity index (χ1) is 13.6. The van der Waals surface area contributed by atoms with Crippen LogP contribution in [0.25, 0.3) is 10.9 Å². The van der Waals surface area contributed by atoms with Crippen molar-refractivity contribution in [2.75, 3.05) is 0 Å². The van der Waals surface area contributed by atoms with Crippen LogP contribution in [0.1, 0.15) is 46.4 Å². The Bertz CT molecular complexity index is 1040. The molecule has 1 heterocycles. The van der Waals surface area contributed by atoms with E-state index in [1.165, 1.54) is 12.1 Å². The van der Waals surface area contributed by atoms with Crippen LogP contribution >= 0.6 is 0 Å². The molecule has 6 nitrogen and oxygen atoms in total. The lowest BCUT2D eigenvalue weighted by Gasteiger charge is -2.15. The van der Waals surface area contributed by atoms with Crippen molar-refractivity contribution in [1.29, 1.82) is 0 Å². The van der Waals surface area contributed by atoms with E-state index in [0.717, 1.165) is 54.3 Å². The largest absolute Gasteiger partial charge is 0.457 e. The molecule has 1 aromatic heterocycles. The highest BCUT2D eigenvalue weighted by Gasteiger charge is 2.23. The maximum Gasteiger partial charge on any atom is 0.339 e. The first-order valence-corrected chi connectivity index (χ1v) is 9.44. The number of rotatable bonds is 4. The minimum absolute atomic E-state index is 0.0144. The second-order valence-corrected chi connectivity index (χ2v) is 6.99. The number of fused-ring (bicyclic) bond motifs is 2. The third-order valence-corrected chi connectivity index (χ3v) is 5.14. The Hall–Kier alpha value is -3.28. The van der Waals surface area contributed by atoms with Crippen LogP contribution < -0.4 is 0 Å². The van der Waals surface area contributed by atoms with Gasteiger partial charge in [-0.2, -0.15) is 0 Å². The predicted octanol–water partition coefficient (Wildman–Crippen LogP) is 4.77. The van der Waals surface area contributed by atoms with Gasteiger partial charge in [0.1, 0.15) is 6.61 Å². The molecule has 0 unspecified atom stereocenters. The van der Waals surface area contributed by atoms with Crippen molar-refractivity contribution in [2.45, 2.75) is 38.7 Å². The molecule has 0 saturated heterocycles. The van der Waals surface area contributed by atoms with Crippen molar-refractivity contribution >= 4 is 22.6 Å². The molecule has 0 amide bonds. The van der Waals surface area contributed by atoms with Crippen LogP contribution in [0.2, 0.25) is 0 Å². The third-order valence-electron chi connectivity index (χ3n) is 5.14. The van der Waals surface area contributed by atoms with Crippen LogP contribution in [0, 0.1) is 10.1 Å². The Labute approximate surface area is 162 Å². The summed E-state index contributed by atoms with van der Waals surface area (Å²) in [6.45, 7) is 0.0717. The number of non-ortho nitro benzene ring substituents is 1. The summed E-state index contributed by atoms with van der Waals surface area (Å²) in [6, 6.07) is 13.7. The number of hydrogen-bond acceptors (Lipinski definition) is 5. The van der Waals surface area contributed by atoms with Gasteiger partial charge < -0.3 is 4.74 Å². The fraction of sp³-hybridized carbons (Fsp3) is 0.273. The minimum atomic E-state index is -0.450. The van der Waals surface area contributed by atoms with Gasteiger partial charge in [-0.25, -0.2) is 4.79 Å². The molecule has 28 heavy (non-hydrogen) atoms. The molecule has 1 aliphatic carbocycles. The van der Waals surface area contributed by atoms with Crippen LogP contribution in [0.15, 0.2) is 48.5 Å². The smallest absolute Gasteiger partial charge is 0.339 e. The second kappa shape index (κ2) is 7.76. The summed E-state index contributed by atoms with van der Waals surface area (Å²) in [5.41, 5.74) is 4.15. The summed E-state index contributed by atoms with van der Waals surface area (Å²) >= 11 is 0. The molecule has 0 atom stereocenters. The van der Waals surface area contributed by atoms with Gasteiger partial charge in [-0.3, -0.25) is 15.1 Å². The number of aromatic nitrogens is 1. The van der Waals surface area contributed by atoms with Crippen LogP contribution in [-0.2, 0) is 24.2 Å². The lowest BCUT2D eigenvalue weighted by molar-refractivity contribution is -0.384. The molecule has 1 aliphatic rings. The zero-order chi connectivity index (χ0) is 19.5. The number of carbonyl (C=O) groups is 1. The zero-order valence-electron chi connectivity index (χ0n) is 15.4. The Morgan fingerprint density at radius 2 is 1.79 bits per heavy atom. The van der Waals surface area contributed by atoms with E-state index >= 15 is 0 Å². The van der Waals surface area contributed by atoms with Gasteiger partial charge in [0.25, 0.3) is 5.69 Å². The van der Waals surface area contributed by atoms with E-state index in [4.69, 9.17) is 9.72 Å².